The summed E-state index contributed by atoms with van der Waals surface area (Å²) in [6.45, 7) is 0.644. The Labute approximate surface area is 135 Å². The van der Waals surface area contributed by atoms with Gasteiger partial charge in [-0.2, -0.15) is 0 Å². The van der Waals surface area contributed by atoms with E-state index in [0.29, 0.717) is 12.5 Å². The molecule has 0 aliphatic heterocycles. The lowest BCUT2D eigenvalue weighted by molar-refractivity contribution is 0.702. The zero-order valence-electron chi connectivity index (χ0n) is 13.0. The van der Waals surface area contributed by atoms with Crippen molar-refractivity contribution >= 4 is 21.7 Å². The number of nitrogens with two attached hydrogens (primary N) is 1. The van der Waals surface area contributed by atoms with E-state index in [1.807, 2.05) is 0 Å². The number of hydrogen-bond acceptors (Lipinski definition) is 1. The average Bonchev–Trinajstić information content (AvgIpc) is 3.04. The van der Waals surface area contributed by atoms with Gasteiger partial charge in [0.05, 0.1) is 0 Å². The van der Waals surface area contributed by atoms with Gasteiger partial charge in [0.1, 0.15) is 0 Å². The first kappa shape index (κ1) is 14.0. The Balaban J connectivity index is 1.76. The van der Waals surface area contributed by atoms with E-state index in [9.17, 15) is 0 Å². The Hall–Kier alpha value is -2.58. The minimum atomic E-state index is 0.317. The second-order valence-electron chi connectivity index (χ2n) is 6.06. The van der Waals surface area contributed by atoms with Gasteiger partial charge in [0.15, 0.2) is 0 Å². The van der Waals surface area contributed by atoms with Crippen molar-refractivity contribution in [3.63, 3.8) is 0 Å². The predicted molar refractivity (Wildman–Crippen MR) is 97.7 cm³/mol. The second-order valence-corrected chi connectivity index (χ2v) is 6.06. The average molecular weight is 300 g/mol. The number of rotatable bonds is 4. The van der Waals surface area contributed by atoms with Crippen LogP contribution in [-0.4, -0.2) is 11.5 Å². The van der Waals surface area contributed by atoms with Crippen molar-refractivity contribution in [1.82, 2.24) is 4.98 Å². The highest BCUT2D eigenvalue weighted by molar-refractivity contribution is 5.86. The van der Waals surface area contributed by atoms with Gasteiger partial charge in [0, 0.05) is 23.0 Å². The molecule has 0 fully saturated rings. The molecule has 1 atom stereocenters. The standard InChI is InChI=1S/C21H20N2/c22-13-17(20-14-23-21-11-4-3-10-19(20)21)12-16-8-5-7-15-6-1-2-9-18(15)16/h1-11,14,17,23H,12-13,22H2. The molecule has 0 saturated heterocycles. The molecule has 1 heterocycles. The van der Waals surface area contributed by atoms with Gasteiger partial charge in [-0.3, -0.25) is 0 Å². The first-order valence-electron chi connectivity index (χ1n) is 8.09. The van der Waals surface area contributed by atoms with Crippen molar-refractivity contribution in [2.45, 2.75) is 12.3 Å². The highest BCUT2D eigenvalue weighted by Crippen LogP contribution is 2.30. The highest BCUT2D eigenvalue weighted by Gasteiger charge is 2.16. The van der Waals surface area contributed by atoms with E-state index in [1.165, 1.54) is 32.8 Å². The second kappa shape index (κ2) is 5.90. The van der Waals surface area contributed by atoms with E-state index in [0.717, 1.165) is 6.42 Å². The molecule has 0 spiro atoms. The quantitative estimate of drug-likeness (QED) is 0.568. The molecule has 0 saturated carbocycles. The number of nitrogens with one attached hydrogen (secondary N) is 1. The van der Waals surface area contributed by atoms with Crippen molar-refractivity contribution in [1.29, 1.82) is 0 Å². The van der Waals surface area contributed by atoms with Gasteiger partial charge >= 0.3 is 0 Å². The van der Waals surface area contributed by atoms with Crippen molar-refractivity contribution in [2.75, 3.05) is 6.54 Å². The van der Waals surface area contributed by atoms with Crippen LogP contribution in [0.15, 0.2) is 72.9 Å². The van der Waals surface area contributed by atoms with E-state index in [-0.39, 0.29) is 0 Å². The molecular weight excluding hydrogens is 280 g/mol. The number of fused-ring (bicyclic) bond motifs is 2. The van der Waals surface area contributed by atoms with E-state index in [4.69, 9.17) is 5.73 Å². The first-order chi connectivity index (χ1) is 11.4. The maximum atomic E-state index is 6.13. The van der Waals surface area contributed by atoms with E-state index in [2.05, 4.69) is 77.9 Å². The van der Waals surface area contributed by atoms with Gasteiger partial charge in [0.2, 0.25) is 0 Å². The van der Waals surface area contributed by atoms with Crippen LogP contribution >= 0.6 is 0 Å². The van der Waals surface area contributed by atoms with Crippen LogP contribution in [0.4, 0.5) is 0 Å². The summed E-state index contributed by atoms with van der Waals surface area (Å²) in [7, 11) is 0. The van der Waals surface area contributed by atoms with Crippen LogP contribution in [0.3, 0.4) is 0 Å². The largest absolute Gasteiger partial charge is 0.361 e. The number of aromatic nitrogens is 1. The normalized spacial score (nSPS) is 12.7. The summed E-state index contributed by atoms with van der Waals surface area (Å²) in [4.78, 5) is 3.37. The molecule has 0 aliphatic rings. The van der Waals surface area contributed by atoms with Crippen molar-refractivity contribution < 1.29 is 0 Å². The lowest BCUT2D eigenvalue weighted by Gasteiger charge is -2.16. The molecule has 0 bridgehead atoms. The van der Waals surface area contributed by atoms with Gasteiger partial charge < -0.3 is 10.7 Å². The maximum absolute atomic E-state index is 6.13. The molecule has 3 N–H and O–H groups in total. The molecule has 0 radical (unpaired) electrons. The minimum absolute atomic E-state index is 0.317. The van der Waals surface area contributed by atoms with Crippen molar-refractivity contribution in [2.24, 2.45) is 5.73 Å². The lowest BCUT2D eigenvalue weighted by atomic mass is 9.89. The minimum Gasteiger partial charge on any atom is -0.361 e. The van der Waals surface area contributed by atoms with E-state index < -0.39 is 0 Å². The molecule has 2 nitrogen and oxygen atoms in total. The summed E-state index contributed by atoms with van der Waals surface area (Å²) in [5.41, 5.74) is 9.99. The Morgan fingerprint density at radius 3 is 2.43 bits per heavy atom. The molecule has 2 heteroatoms. The number of hydrogen-bond donors (Lipinski definition) is 2. The lowest BCUT2D eigenvalue weighted by Crippen LogP contribution is -2.15. The van der Waals surface area contributed by atoms with E-state index >= 15 is 0 Å². The third kappa shape index (κ3) is 2.51. The van der Waals surface area contributed by atoms with Crippen molar-refractivity contribution in [3.8, 4) is 0 Å². The molecular formula is C21H20N2. The van der Waals surface area contributed by atoms with Gasteiger partial charge in [-0.05, 0) is 40.9 Å². The monoisotopic (exact) mass is 300 g/mol. The molecule has 23 heavy (non-hydrogen) atoms. The summed E-state index contributed by atoms with van der Waals surface area (Å²) in [6.07, 6.45) is 3.08. The van der Waals surface area contributed by atoms with Gasteiger partial charge in [0.25, 0.3) is 0 Å². The number of para-hydroxylation sites is 1. The molecule has 1 aromatic heterocycles. The van der Waals surface area contributed by atoms with Crippen LogP contribution in [0, 0.1) is 0 Å². The molecule has 0 amide bonds. The Morgan fingerprint density at radius 2 is 1.57 bits per heavy atom. The Morgan fingerprint density at radius 1 is 0.826 bits per heavy atom. The zero-order valence-corrected chi connectivity index (χ0v) is 13.0. The summed E-state index contributed by atoms with van der Waals surface area (Å²) >= 11 is 0. The smallest absolute Gasteiger partial charge is 0.0456 e. The van der Waals surface area contributed by atoms with Crippen LogP contribution in [0.25, 0.3) is 21.7 Å². The number of benzene rings is 3. The number of aromatic amines is 1. The Kier molecular flexibility index (Phi) is 3.60. The topological polar surface area (TPSA) is 41.8 Å². The van der Waals surface area contributed by atoms with Crippen LogP contribution in [0.2, 0.25) is 0 Å². The molecule has 4 aromatic rings. The molecule has 4 rings (SSSR count). The van der Waals surface area contributed by atoms with Crippen molar-refractivity contribution in [3.05, 3.63) is 84.1 Å². The maximum Gasteiger partial charge on any atom is 0.0456 e. The molecule has 3 aromatic carbocycles. The first-order valence-corrected chi connectivity index (χ1v) is 8.09. The summed E-state index contributed by atoms with van der Waals surface area (Å²) in [5.74, 6) is 0.317. The fourth-order valence-electron chi connectivity index (χ4n) is 3.49. The van der Waals surface area contributed by atoms with Crippen LogP contribution in [0.1, 0.15) is 17.0 Å². The van der Waals surface area contributed by atoms with Crippen LogP contribution < -0.4 is 5.73 Å². The fourth-order valence-corrected chi connectivity index (χ4v) is 3.49. The molecule has 0 aliphatic carbocycles. The van der Waals surface area contributed by atoms with Gasteiger partial charge in [-0.25, -0.2) is 0 Å². The number of H-pyrrole nitrogens is 1. The third-order valence-electron chi connectivity index (χ3n) is 4.69. The van der Waals surface area contributed by atoms with E-state index in [1.54, 1.807) is 0 Å². The zero-order chi connectivity index (χ0) is 15.6. The molecule has 1 unspecified atom stereocenters. The van der Waals surface area contributed by atoms with Gasteiger partial charge in [-0.15, -0.1) is 0 Å². The van der Waals surface area contributed by atoms with Crippen LogP contribution in [-0.2, 0) is 6.42 Å². The summed E-state index contributed by atoms with van der Waals surface area (Å²) in [5, 5.41) is 3.90. The summed E-state index contributed by atoms with van der Waals surface area (Å²) < 4.78 is 0. The Bertz CT molecular complexity index is 947. The van der Waals surface area contributed by atoms with Gasteiger partial charge in [-0.1, -0.05) is 60.7 Å². The predicted octanol–water partition coefficient (Wildman–Crippen LogP) is 4.61. The summed E-state index contributed by atoms with van der Waals surface area (Å²) in [6, 6.07) is 23.5. The SMILES string of the molecule is NCC(Cc1cccc2ccccc12)c1c[nH]c2ccccc12. The fraction of sp³-hybridized carbons (Fsp3) is 0.143. The molecule has 114 valence electrons. The third-order valence-corrected chi connectivity index (χ3v) is 4.69. The van der Waals surface area contributed by atoms with Crippen LogP contribution in [0.5, 0.6) is 0 Å². The highest BCUT2D eigenvalue weighted by atomic mass is 14.7.